The van der Waals surface area contributed by atoms with E-state index in [0.29, 0.717) is 12.8 Å². The molecule has 0 bridgehead atoms. The highest BCUT2D eigenvalue weighted by Gasteiger charge is 2.27. The number of esters is 2. The van der Waals surface area contributed by atoms with Crippen molar-refractivity contribution in [1.29, 1.82) is 0 Å². The van der Waals surface area contributed by atoms with Crippen molar-refractivity contribution in [3.05, 3.63) is 60.8 Å². The molecule has 0 aromatic heterocycles. The molecule has 3 N–H and O–H groups in total. The number of hydrogen-bond donors (Lipinski definition) is 3. The predicted octanol–water partition coefficient (Wildman–Crippen LogP) is 13.5. The Morgan fingerprint density at radius 1 is 0.508 bits per heavy atom. The Balaban J connectivity index is 4.27. The maximum atomic E-state index is 12.7. The fraction of sp³-hybridized carbons (Fsp3) is 0.760. The van der Waals surface area contributed by atoms with Crippen LogP contribution in [-0.2, 0) is 32.7 Å². The van der Waals surface area contributed by atoms with Crippen LogP contribution in [0.15, 0.2) is 60.8 Å². The summed E-state index contributed by atoms with van der Waals surface area (Å²) in [5.74, 6) is -0.958. The van der Waals surface area contributed by atoms with Crippen LogP contribution >= 0.6 is 7.82 Å². The van der Waals surface area contributed by atoms with Crippen molar-refractivity contribution in [1.82, 2.24) is 0 Å². The van der Waals surface area contributed by atoms with Gasteiger partial charge in [-0.3, -0.25) is 18.6 Å². The van der Waals surface area contributed by atoms with Crippen molar-refractivity contribution in [2.45, 2.75) is 219 Å². The Morgan fingerprint density at radius 3 is 1.36 bits per heavy atom. The van der Waals surface area contributed by atoms with E-state index >= 15 is 0 Å². The quantitative estimate of drug-likeness (QED) is 0.0233. The van der Waals surface area contributed by atoms with Gasteiger partial charge in [0, 0.05) is 12.8 Å². The monoisotopic (exact) mass is 881 g/mol. The molecule has 11 heteroatoms. The van der Waals surface area contributed by atoms with Crippen LogP contribution in [0.1, 0.15) is 206 Å². The van der Waals surface area contributed by atoms with Gasteiger partial charge < -0.3 is 24.6 Å². The average molecular weight is 881 g/mol. The first kappa shape index (κ1) is 58.7. The van der Waals surface area contributed by atoms with Crippen molar-refractivity contribution in [2.75, 3.05) is 26.4 Å². The SMILES string of the molecule is CC/C=C/C/C=C/C/C=C/C/C=C/C/C=C/CCCCCC(=O)OC[C@H](COP(=O)(O)OC[C@@H](O)CO)OC(=O)CCCCCCCCCCCCCCCCCCCCC. The zero-order chi connectivity index (χ0) is 44.8. The molecule has 0 spiro atoms. The fourth-order valence-electron chi connectivity index (χ4n) is 6.49. The van der Waals surface area contributed by atoms with Gasteiger partial charge in [0.25, 0.3) is 0 Å². The molecule has 61 heavy (non-hydrogen) atoms. The lowest BCUT2D eigenvalue weighted by molar-refractivity contribution is -0.161. The van der Waals surface area contributed by atoms with Crippen LogP contribution in [0.5, 0.6) is 0 Å². The van der Waals surface area contributed by atoms with E-state index < -0.39 is 51.8 Å². The minimum absolute atomic E-state index is 0.178. The van der Waals surface area contributed by atoms with Crippen LogP contribution in [0.3, 0.4) is 0 Å². The van der Waals surface area contributed by atoms with Gasteiger partial charge in [0.2, 0.25) is 0 Å². The zero-order valence-corrected chi connectivity index (χ0v) is 39.5. The number of unbranched alkanes of at least 4 members (excludes halogenated alkanes) is 21. The van der Waals surface area contributed by atoms with E-state index in [1.807, 2.05) is 0 Å². The molecular formula is C50H89O10P. The normalized spacial score (nSPS) is 14.2. The Bertz CT molecular complexity index is 1200. The summed E-state index contributed by atoms with van der Waals surface area (Å²) in [6.07, 6.45) is 51.9. The maximum Gasteiger partial charge on any atom is 0.472 e. The molecule has 0 aliphatic rings. The van der Waals surface area contributed by atoms with Crippen molar-refractivity contribution in [3.63, 3.8) is 0 Å². The third kappa shape index (κ3) is 45.5. The molecule has 0 aliphatic heterocycles. The Hall–Kier alpha value is -2.33. The highest BCUT2D eigenvalue weighted by Crippen LogP contribution is 2.43. The standard InChI is InChI=1S/C50H89O10P/c1-3-5-7-9-11-13-15-17-19-21-23-25-27-29-31-33-35-37-39-41-49(53)57-45-48(46-59-61(55,56)58-44-47(52)43-51)60-50(54)42-40-38-36-34-32-30-28-26-24-22-20-18-16-14-12-10-8-6-4-2/h5,7,11,13,17,19,23,25,29,31,47-48,51-52H,3-4,6,8-10,12,14-16,18,20-22,24,26-28,30,32-46H2,1-2H3,(H,55,56)/b7-5+,13-11+,19-17+,25-23+,31-29+/t47-,48+/m0/s1. The molecule has 0 radical (unpaired) electrons. The van der Waals surface area contributed by atoms with Crippen molar-refractivity contribution in [3.8, 4) is 0 Å². The summed E-state index contributed by atoms with van der Waals surface area (Å²) in [7, 11) is -4.63. The van der Waals surface area contributed by atoms with Gasteiger partial charge in [-0.2, -0.15) is 0 Å². The number of aliphatic hydroxyl groups excluding tert-OH is 2. The van der Waals surface area contributed by atoms with Gasteiger partial charge in [0.05, 0.1) is 19.8 Å². The first-order valence-electron chi connectivity index (χ1n) is 24.2. The molecule has 1 unspecified atom stereocenters. The molecule has 10 nitrogen and oxygen atoms in total. The van der Waals surface area contributed by atoms with Crippen LogP contribution < -0.4 is 0 Å². The summed E-state index contributed by atoms with van der Waals surface area (Å²) in [4.78, 5) is 35.1. The number of carbonyl (C=O) groups excluding carboxylic acids is 2. The van der Waals surface area contributed by atoms with Gasteiger partial charge in [-0.1, -0.05) is 197 Å². The van der Waals surface area contributed by atoms with Crippen LogP contribution in [0, 0.1) is 0 Å². The summed E-state index contributed by atoms with van der Waals surface area (Å²) in [6, 6.07) is 0. The van der Waals surface area contributed by atoms with Crippen LogP contribution in [0.25, 0.3) is 0 Å². The van der Waals surface area contributed by atoms with Crippen LogP contribution in [0.2, 0.25) is 0 Å². The lowest BCUT2D eigenvalue weighted by atomic mass is 10.0. The molecule has 0 saturated heterocycles. The van der Waals surface area contributed by atoms with Gasteiger partial charge in [-0.05, 0) is 57.8 Å². The third-order valence-electron chi connectivity index (χ3n) is 10.2. The molecule has 0 aliphatic carbocycles. The van der Waals surface area contributed by atoms with E-state index in [9.17, 15) is 24.2 Å². The molecule has 354 valence electrons. The Morgan fingerprint density at radius 2 is 0.902 bits per heavy atom. The lowest BCUT2D eigenvalue weighted by Crippen LogP contribution is -2.29. The number of rotatable bonds is 45. The number of carbonyl (C=O) groups is 2. The van der Waals surface area contributed by atoms with E-state index in [2.05, 4.69) is 74.6 Å². The Labute approximate surface area is 372 Å². The number of ether oxygens (including phenoxy) is 2. The molecular weight excluding hydrogens is 792 g/mol. The van der Waals surface area contributed by atoms with Gasteiger partial charge in [0.1, 0.15) is 12.7 Å². The first-order chi connectivity index (χ1) is 29.7. The molecule has 0 rings (SSSR count). The number of allylic oxidation sites excluding steroid dienone is 10. The smallest absolute Gasteiger partial charge is 0.462 e. The largest absolute Gasteiger partial charge is 0.472 e. The van der Waals surface area contributed by atoms with Crippen molar-refractivity contribution >= 4 is 19.8 Å². The predicted molar refractivity (Wildman–Crippen MR) is 251 cm³/mol. The molecule has 3 atom stereocenters. The second kappa shape index (κ2) is 45.7. The second-order valence-corrected chi connectivity index (χ2v) is 17.6. The summed E-state index contributed by atoms with van der Waals surface area (Å²) in [5, 5.41) is 18.4. The highest BCUT2D eigenvalue weighted by atomic mass is 31.2. The van der Waals surface area contributed by atoms with Crippen molar-refractivity contribution in [2.24, 2.45) is 0 Å². The first-order valence-corrected chi connectivity index (χ1v) is 25.7. The minimum Gasteiger partial charge on any atom is -0.462 e. The number of hydrogen-bond acceptors (Lipinski definition) is 9. The summed E-state index contributed by atoms with van der Waals surface area (Å²) in [5.41, 5.74) is 0. The van der Waals surface area contributed by atoms with E-state index in [4.69, 9.17) is 23.6 Å². The van der Waals surface area contributed by atoms with Gasteiger partial charge in [0.15, 0.2) is 6.10 Å². The molecule has 0 amide bonds. The molecule has 0 fully saturated rings. The number of aliphatic hydroxyl groups is 2. The molecule has 0 heterocycles. The van der Waals surface area contributed by atoms with Crippen LogP contribution in [-0.4, -0.2) is 65.7 Å². The third-order valence-corrected chi connectivity index (χ3v) is 11.1. The lowest BCUT2D eigenvalue weighted by Gasteiger charge is -2.20. The van der Waals surface area contributed by atoms with Gasteiger partial charge in [-0.15, -0.1) is 0 Å². The number of phosphoric ester groups is 1. The summed E-state index contributed by atoms with van der Waals surface area (Å²) in [6.45, 7) is 2.25. The highest BCUT2D eigenvalue weighted by molar-refractivity contribution is 7.47. The zero-order valence-electron chi connectivity index (χ0n) is 38.6. The average Bonchev–Trinajstić information content (AvgIpc) is 3.25. The topological polar surface area (TPSA) is 149 Å². The van der Waals surface area contributed by atoms with E-state index in [1.165, 1.54) is 96.3 Å². The molecule has 0 aromatic carbocycles. The van der Waals surface area contributed by atoms with Crippen LogP contribution in [0.4, 0.5) is 0 Å². The van der Waals surface area contributed by atoms with Crippen molar-refractivity contribution < 1.29 is 47.8 Å². The number of phosphoric acid groups is 1. The summed E-state index contributed by atoms with van der Waals surface area (Å²) >= 11 is 0. The van der Waals surface area contributed by atoms with Gasteiger partial charge >= 0.3 is 19.8 Å². The second-order valence-electron chi connectivity index (χ2n) is 16.1. The molecule has 0 aromatic rings. The fourth-order valence-corrected chi connectivity index (χ4v) is 7.28. The van der Waals surface area contributed by atoms with Gasteiger partial charge in [-0.25, -0.2) is 4.57 Å². The summed E-state index contributed by atoms with van der Waals surface area (Å²) < 4.78 is 32.8. The van der Waals surface area contributed by atoms with E-state index in [0.717, 1.165) is 70.6 Å². The Kier molecular flexibility index (Phi) is 43.9. The van der Waals surface area contributed by atoms with E-state index in [1.54, 1.807) is 0 Å². The van der Waals surface area contributed by atoms with E-state index in [-0.39, 0.29) is 19.4 Å². The maximum absolute atomic E-state index is 12.7. The molecule has 0 saturated carbocycles. The minimum atomic E-state index is -4.63.